The Morgan fingerprint density at radius 1 is 1.19 bits per heavy atom. The van der Waals surface area contributed by atoms with E-state index in [9.17, 15) is 4.79 Å². The van der Waals surface area contributed by atoms with Gasteiger partial charge in [0.05, 0.1) is 14.8 Å². The fourth-order valence-corrected chi connectivity index (χ4v) is 5.42. The third-order valence-electron chi connectivity index (χ3n) is 4.76. The van der Waals surface area contributed by atoms with Gasteiger partial charge in [0, 0.05) is 37.0 Å². The number of carbonyl (C=O) groups excluding carboxylic acids is 1. The molecule has 4 aromatic rings. The number of aromatic nitrogens is 1. The lowest BCUT2D eigenvalue weighted by Crippen LogP contribution is -2.16. The van der Waals surface area contributed by atoms with Crippen LogP contribution in [-0.2, 0) is 0 Å². The highest BCUT2D eigenvalue weighted by molar-refractivity contribution is 14.1. The van der Waals surface area contributed by atoms with Gasteiger partial charge < -0.3 is 8.98 Å². The van der Waals surface area contributed by atoms with Gasteiger partial charge in [-0.2, -0.15) is 5.10 Å². The predicted molar refractivity (Wildman–Crippen MR) is 140 cm³/mol. The number of nitrogens with one attached hydrogen (secondary N) is 1. The van der Waals surface area contributed by atoms with Crippen molar-refractivity contribution in [2.24, 2.45) is 5.10 Å². The molecule has 0 saturated carbocycles. The largest absolute Gasteiger partial charge is 0.450 e. The van der Waals surface area contributed by atoms with E-state index in [2.05, 4.69) is 69.5 Å². The highest BCUT2D eigenvalue weighted by Crippen LogP contribution is 2.29. The normalized spacial score (nSPS) is 11.5. The Kier molecular flexibility index (Phi) is 6.62. The van der Waals surface area contributed by atoms with Gasteiger partial charge >= 0.3 is 5.91 Å². The van der Waals surface area contributed by atoms with Crippen LogP contribution in [0.25, 0.3) is 16.7 Å². The first-order valence-corrected chi connectivity index (χ1v) is 12.1. The highest BCUT2D eigenvalue weighted by Gasteiger charge is 2.15. The maximum atomic E-state index is 12.5. The lowest BCUT2D eigenvalue weighted by atomic mass is 10.2. The van der Waals surface area contributed by atoms with Crippen molar-refractivity contribution < 1.29 is 9.21 Å². The number of aryl methyl sites for hydroxylation is 1. The number of nitrogens with zero attached hydrogens (tertiary/aromatic N) is 2. The summed E-state index contributed by atoms with van der Waals surface area (Å²) in [5.41, 5.74) is 7.07. The second-order valence-electron chi connectivity index (χ2n) is 6.88. The quantitative estimate of drug-likeness (QED) is 0.139. The first-order chi connectivity index (χ1) is 14.7. The van der Waals surface area contributed by atoms with E-state index in [1.807, 2.05) is 50.2 Å². The molecule has 0 aliphatic carbocycles. The summed E-state index contributed by atoms with van der Waals surface area (Å²) in [7, 11) is 0. The molecule has 0 radical (unpaired) electrons. The molecule has 2 aromatic heterocycles. The Bertz CT molecular complexity index is 1360. The van der Waals surface area contributed by atoms with Gasteiger partial charge in [0.2, 0.25) is 0 Å². The Hall–Kier alpha value is -1.62. The zero-order valence-electron chi connectivity index (χ0n) is 16.3. The Labute approximate surface area is 214 Å². The first-order valence-electron chi connectivity index (χ1n) is 9.11. The average Bonchev–Trinajstić information content (AvgIpc) is 3.25. The topological polar surface area (TPSA) is 59.5 Å². The van der Waals surface area contributed by atoms with Gasteiger partial charge in [-0.25, -0.2) is 5.43 Å². The molecule has 0 bridgehead atoms. The molecule has 2 aromatic carbocycles. The predicted octanol–water partition coefficient (Wildman–Crippen LogP) is 7.39. The summed E-state index contributed by atoms with van der Waals surface area (Å²) in [4.78, 5) is 12.5. The molecule has 0 spiro atoms. The SMILES string of the molecule is Cc1cc(/C=N\NC(=O)c2cc3cc(Br)cc(I)c3o2)c(C)n1-c1ccc(Br)c(Cl)c1. The zero-order valence-corrected chi connectivity index (χ0v) is 22.4. The number of furan rings is 1. The summed E-state index contributed by atoms with van der Waals surface area (Å²) in [6, 6.07) is 13.3. The van der Waals surface area contributed by atoms with Crippen molar-refractivity contribution in [1.82, 2.24) is 9.99 Å². The van der Waals surface area contributed by atoms with E-state index >= 15 is 0 Å². The molecule has 0 saturated heterocycles. The third-order valence-corrected chi connectivity index (χ3v) is 7.25. The van der Waals surface area contributed by atoms with Crippen LogP contribution in [0.5, 0.6) is 0 Å². The molecule has 158 valence electrons. The third kappa shape index (κ3) is 4.62. The second-order valence-corrected chi connectivity index (χ2v) is 10.2. The van der Waals surface area contributed by atoms with Crippen LogP contribution in [0.15, 0.2) is 60.9 Å². The number of halogens is 4. The summed E-state index contributed by atoms with van der Waals surface area (Å²) < 4.78 is 10.5. The van der Waals surface area contributed by atoms with Crippen LogP contribution in [0.1, 0.15) is 27.5 Å². The number of hydrazone groups is 1. The molecule has 0 atom stereocenters. The van der Waals surface area contributed by atoms with E-state index in [1.165, 1.54) is 0 Å². The molecule has 2 heterocycles. The van der Waals surface area contributed by atoms with E-state index in [-0.39, 0.29) is 5.76 Å². The van der Waals surface area contributed by atoms with E-state index in [0.29, 0.717) is 10.6 Å². The lowest BCUT2D eigenvalue weighted by Gasteiger charge is -2.10. The highest BCUT2D eigenvalue weighted by atomic mass is 127. The van der Waals surface area contributed by atoms with Gasteiger partial charge in [-0.3, -0.25) is 4.79 Å². The van der Waals surface area contributed by atoms with Gasteiger partial charge in [-0.15, -0.1) is 0 Å². The molecule has 4 rings (SSSR count). The van der Waals surface area contributed by atoms with Crippen molar-refractivity contribution in [2.75, 3.05) is 0 Å². The molecule has 0 unspecified atom stereocenters. The summed E-state index contributed by atoms with van der Waals surface area (Å²) in [6.07, 6.45) is 1.63. The number of fused-ring (bicyclic) bond motifs is 1. The number of hydrogen-bond acceptors (Lipinski definition) is 3. The van der Waals surface area contributed by atoms with Gasteiger partial charge in [0.15, 0.2) is 5.76 Å². The Morgan fingerprint density at radius 2 is 1.97 bits per heavy atom. The van der Waals surface area contributed by atoms with E-state index in [4.69, 9.17) is 16.0 Å². The van der Waals surface area contributed by atoms with Crippen molar-refractivity contribution in [2.45, 2.75) is 13.8 Å². The molecular formula is C22H15Br2ClIN3O2. The van der Waals surface area contributed by atoms with Crippen molar-refractivity contribution in [3.05, 3.63) is 82.7 Å². The molecule has 1 N–H and O–H groups in total. The van der Waals surface area contributed by atoms with Crippen LogP contribution in [0, 0.1) is 17.4 Å². The van der Waals surface area contributed by atoms with Crippen LogP contribution in [0.4, 0.5) is 0 Å². The number of amides is 1. The van der Waals surface area contributed by atoms with Crippen LogP contribution >= 0.6 is 66.1 Å². The number of carbonyl (C=O) groups is 1. The minimum atomic E-state index is -0.409. The molecule has 5 nitrogen and oxygen atoms in total. The smallest absolute Gasteiger partial charge is 0.307 e. The van der Waals surface area contributed by atoms with Crippen molar-refractivity contribution in [3.8, 4) is 5.69 Å². The van der Waals surface area contributed by atoms with Gasteiger partial charge in [-0.1, -0.05) is 27.5 Å². The van der Waals surface area contributed by atoms with Crippen LogP contribution in [-0.4, -0.2) is 16.7 Å². The Balaban J connectivity index is 1.55. The first kappa shape index (κ1) is 22.6. The fourth-order valence-electron chi connectivity index (χ4n) is 3.34. The summed E-state index contributed by atoms with van der Waals surface area (Å²) in [6.45, 7) is 4.00. The number of rotatable bonds is 4. The minimum absolute atomic E-state index is 0.207. The molecule has 1 amide bonds. The van der Waals surface area contributed by atoms with E-state index < -0.39 is 5.91 Å². The number of benzene rings is 2. The number of hydrogen-bond donors (Lipinski definition) is 1. The van der Waals surface area contributed by atoms with Crippen LogP contribution in [0.2, 0.25) is 5.02 Å². The maximum Gasteiger partial charge on any atom is 0.307 e. The Morgan fingerprint density at radius 3 is 2.71 bits per heavy atom. The van der Waals surface area contributed by atoms with Gasteiger partial charge in [0.25, 0.3) is 0 Å². The van der Waals surface area contributed by atoms with Crippen LogP contribution in [0.3, 0.4) is 0 Å². The molecule has 0 aliphatic heterocycles. The zero-order chi connectivity index (χ0) is 22.3. The molecule has 0 fully saturated rings. The van der Waals surface area contributed by atoms with Crippen molar-refractivity contribution >= 4 is 89.1 Å². The molecule has 0 aliphatic rings. The standard InChI is InChI=1S/C22H15Br2ClIN3O2/c1-11-5-14(12(2)29(11)16-3-4-17(24)18(25)9-16)10-27-28-22(30)20-7-13-6-15(23)8-19(26)21(13)31-20/h3-10H,1-2H3,(H,28,30)/b27-10-. The fraction of sp³-hybridized carbons (Fsp3) is 0.0909. The van der Waals surface area contributed by atoms with E-state index in [0.717, 1.165) is 40.5 Å². The maximum absolute atomic E-state index is 12.5. The molecular weight excluding hydrogens is 660 g/mol. The van der Waals surface area contributed by atoms with Gasteiger partial charge in [-0.05, 0) is 94.8 Å². The van der Waals surface area contributed by atoms with Crippen molar-refractivity contribution in [1.29, 1.82) is 0 Å². The van der Waals surface area contributed by atoms with Gasteiger partial charge in [0.1, 0.15) is 5.58 Å². The van der Waals surface area contributed by atoms with Crippen molar-refractivity contribution in [3.63, 3.8) is 0 Å². The second kappa shape index (κ2) is 9.09. The molecule has 31 heavy (non-hydrogen) atoms. The summed E-state index contributed by atoms with van der Waals surface area (Å²) in [5.74, 6) is -0.203. The summed E-state index contributed by atoms with van der Waals surface area (Å²) >= 11 is 15.3. The van der Waals surface area contributed by atoms with Crippen LogP contribution < -0.4 is 5.43 Å². The average molecular weight is 676 g/mol. The monoisotopic (exact) mass is 673 g/mol. The molecule has 9 heteroatoms. The summed E-state index contributed by atoms with van der Waals surface area (Å²) in [5, 5.41) is 5.62. The van der Waals surface area contributed by atoms with E-state index in [1.54, 1.807) is 12.3 Å². The minimum Gasteiger partial charge on any atom is -0.450 e. The lowest BCUT2D eigenvalue weighted by molar-refractivity contribution is 0.0929.